The van der Waals surface area contributed by atoms with E-state index < -0.39 is 11.9 Å². The van der Waals surface area contributed by atoms with E-state index >= 15 is 0 Å². The van der Waals surface area contributed by atoms with E-state index in [1.165, 1.54) is 31.2 Å². The van der Waals surface area contributed by atoms with E-state index in [2.05, 4.69) is 5.32 Å². The zero-order valence-corrected chi connectivity index (χ0v) is 13.6. The largest absolute Gasteiger partial charge is 0.426 e. The highest BCUT2D eigenvalue weighted by molar-refractivity contribution is 6.42. The molecule has 0 saturated heterocycles. The van der Waals surface area contributed by atoms with Crippen LogP contribution in [0.25, 0.3) is 0 Å². The standard InChI is InChI=1S/C15H10Cl3NO3/c1-8(20)22-14-5-2-9(16)6-11(14)15(21)19-10-3-4-12(17)13(18)7-10/h2-7H,1H3,(H,19,21). The molecule has 1 amide bonds. The van der Waals surface area contributed by atoms with Crippen molar-refractivity contribution in [2.45, 2.75) is 6.92 Å². The Kier molecular flexibility index (Phi) is 5.29. The van der Waals surface area contributed by atoms with Crippen LogP contribution < -0.4 is 10.1 Å². The van der Waals surface area contributed by atoms with Crippen molar-refractivity contribution in [3.05, 3.63) is 57.0 Å². The molecule has 2 aromatic rings. The van der Waals surface area contributed by atoms with E-state index in [9.17, 15) is 9.59 Å². The third-order valence-electron chi connectivity index (χ3n) is 2.62. The highest BCUT2D eigenvalue weighted by atomic mass is 35.5. The maximum Gasteiger partial charge on any atom is 0.308 e. The van der Waals surface area contributed by atoms with Crippen molar-refractivity contribution in [1.82, 2.24) is 0 Å². The zero-order valence-electron chi connectivity index (χ0n) is 11.3. The molecule has 1 N–H and O–H groups in total. The summed E-state index contributed by atoms with van der Waals surface area (Å²) >= 11 is 17.6. The second-order valence-electron chi connectivity index (χ2n) is 4.32. The van der Waals surface area contributed by atoms with Gasteiger partial charge in [0.2, 0.25) is 0 Å². The summed E-state index contributed by atoms with van der Waals surface area (Å²) in [6.07, 6.45) is 0. The van der Waals surface area contributed by atoms with Crippen LogP contribution in [0.3, 0.4) is 0 Å². The van der Waals surface area contributed by atoms with Gasteiger partial charge in [-0.25, -0.2) is 0 Å². The summed E-state index contributed by atoms with van der Waals surface area (Å²) in [4.78, 5) is 23.4. The van der Waals surface area contributed by atoms with E-state index in [0.29, 0.717) is 20.8 Å². The number of hydrogen-bond donors (Lipinski definition) is 1. The van der Waals surface area contributed by atoms with Crippen molar-refractivity contribution in [1.29, 1.82) is 0 Å². The summed E-state index contributed by atoms with van der Waals surface area (Å²) in [5.74, 6) is -0.905. The van der Waals surface area contributed by atoms with Crippen LogP contribution in [0.2, 0.25) is 15.1 Å². The van der Waals surface area contributed by atoms with Crippen LogP contribution >= 0.6 is 34.8 Å². The Morgan fingerprint density at radius 2 is 1.73 bits per heavy atom. The maximum atomic E-state index is 12.3. The Balaban J connectivity index is 2.30. The number of amides is 1. The molecule has 22 heavy (non-hydrogen) atoms. The van der Waals surface area contributed by atoms with Gasteiger partial charge in [-0.3, -0.25) is 9.59 Å². The predicted octanol–water partition coefficient (Wildman–Crippen LogP) is 4.82. The first-order valence-electron chi connectivity index (χ1n) is 6.11. The van der Waals surface area contributed by atoms with Crippen molar-refractivity contribution < 1.29 is 14.3 Å². The number of benzene rings is 2. The molecule has 0 spiro atoms. The molecule has 2 aromatic carbocycles. The van der Waals surface area contributed by atoms with Gasteiger partial charge in [-0.1, -0.05) is 34.8 Å². The van der Waals surface area contributed by atoms with Crippen LogP contribution in [-0.2, 0) is 4.79 Å². The van der Waals surface area contributed by atoms with E-state index in [0.717, 1.165) is 0 Å². The molecular formula is C15H10Cl3NO3. The zero-order chi connectivity index (χ0) is 16.3. The average Bonchev–Trinajstić information content (AvgIpc) is 2.44. The van der Waals surface area contributed by atoms with Gasteiger partial charge < -0.3 is 10.1 Å². The van der Waals surface area contributed by atoms with Gasteiger partial charge in [0.15, 0.2) is 0 Å². The molecule has 0 heterocycles. The van der Waals surface area contributed by atoms with E-state index in [-0.39, 0.29) is 11.3 Å². The molecule has 0 bridgehead atoms. The van der Waals surface area contributed by atoms with E-state index in [1.807, 2.05) is 0 Å². The monoisotopic (exact) mass is 357 g/mol. The quantitative estimate of drug-likeness (QED) is 0.632. The molecule has 7 heteroatoms. The minimum Gasteiger partial charge on any atom is -0.426 e. The summed E-state index contributed by atoms with van der Waals surface area (Å²) in [5.41, 5.74) is 0.585. The minimum absolute atomic E-state index is 0.120. The van der Waals surface area contributed by atoms with Crippen molar-refractivity contribution >= 4 is 52.4 Å². The number of halogens is 3. The molecular weight excluding hydrogens is 349 g/mol. The average molecular weight is 359 g/mol. The number of carbonyl (C=O) groups excluding carboxylic acids is 2. The number of ether oxygens (including phenoxy) is 1. The summed E-state index contributed by atoms with van der Waals surface area (Å²) in [5, 5.41) is 3.67. The summed E-state index contributed by atoms with van der Waals surface area (Å²) in [6.45, 7) is 1.25. The van der Waals surface area contributed by atoms with Crippen molar-refractivity contribution in [2.24, 2.45) is 0 Å². The number of nitrogens with one attached hydrogen (secondary N) is 1. The van der Waals surface area contributed by atoms with Gasteiger partial charge in [0, 0.05) is 17.6 Å². The topological polar surface area (TPSA) is 55.4 Å². The molecule has 0 aromatic heterocycles. The van der Waals surface area contributed by atoms with Gasteiger partial charge in [-0.15, -0.1) is 0 Å². The molecule has 2 rings (SSSR count). The Morgan fingerprint density at radius 3 is 2.36 bits per heavy atom. The molecule has 0 unspecified atom stereocenters. The van der Waals surface area contributed by atoms with Crippen LogP contribution in [0.1, 0.15) is 17.3 Å². The van der Waals surface area contributed by atoms with Gasteiger partial charge in [-0.05, 0) is 36.4 Å². The highest BCUT2D eigenvalue weighted by Crippen LogP contribution is 2.27. The number of rotatable bonds is 3. The number of carbonyl (C=O) groups is 2. The lowest BCUT2D eigenvalue weighted by Crippen LogP contribution is -2.15. The molecule has 0 atom stereocenters. The Bertz CT molecular complexity index is 747. The molecule has 0 saturated carbocycles. The SMILES string of the molecule is CC(=O)Oc1ccc(Cl)cc1C(=O)Nc1ccc(Cl)c(Cl)c1. The van der Waals surface area contributed by atoms with Gasteiger partial charge in [-0.2, -0.15) is 0 Å². The fourth-order valence-corrected chi connectivity index (χ4v) is 2.17. The van der Waals surface area contributed by atoms with E-state index in [1.54, 1.807) is 12.1 Å². The number of esters is 1. The normalized spacial score (nSPS) is 10.2. The smallest absolute Gasteiger partial charge is 0.308 e. The van der Waals surface area contributed by atoms with E-state index in [4.69, 9.17) is 39.5 Å². The predicted molar refractivity (Wildman–Crippen MR) is 87.2 cm³/mol. The number of hydrogen-bond acceptors (Lipinski definition) is 3. The fraction of sp³-hybridized carbons (Fsp3) is 0.0667. The third kappa shape index (κ3) is 4.13. The van der Waals surface area contributed by atoms with Crippen LogP contribution in [0.5, 0.6) is 5.75 Å². The molecule has 0 aliphatic carbocycles. The van der Waals surface area contributed by atoms with Crippen LogP contribution in [0.4, 0.5) is 5.69 Å². The first-order chi connectivity index (χ1) is 10.4. The van der Waals surface area contributed by atoms with Gasteiger partial charge in [0.25, 0.3) is 5.91 Å². The first kappa shape index (κ1) is 16.6. The van der Waals surface area contributed by atoms with Gasteiger partial charge in [0.1, 0.15) is 5.75 Å². The molecule has 0 aliphatic heterocycles. The second-order valence-corrected chi connectivity index (χ2v) is 5.57. The lowest BCUT2D eigenvalue weighted by atomic mass is 10.2. The van der Waals surface area contributed by atoms with Crippen LogP contribution in [0.15, 0.2) is 36.4 Å². The van der Waals surface area contributed by atoms with Gasteiger partial charge in [0.05, 0.1) is 15.6 Å². The second kappa shape index (κ2) is 7.01. The van der Waals surface area contributed by atoms with Gasteiger partial charge >= 0.3 is 5.97 Å². The molecule has 0 radical (unpaired) electrons. The lowest BCUT2D eigenvalue weighted by Gasteiger charge is -2.10. The molecule has 0 aliphatic rings. The summed E-state index contributed by atoms with van der Waals surface area (Å²) in [7, 11) is 0. The van der Waals surface area contributed by atoms with Crippen LogP contribution in [0, 0.1) is 0 Å². The highest BCUT2D eigenvalue weighted by Gasteiger charge is 2.15. The van der Waals surface area contributed by atoms with Crippen molar-refractivity contribution in [3.63, 3.8) is 0 Å². The molecule has 0 fully saturated rings. The Labute approximate surface area is 141 Å². The minimum atomic E-state index is -0.536. The summed E-state index contributed by atoms with van der Waals surface area (Å²) < 4.78 is 5.00. The Morgan fingerprint density at radius 1 is 1.00 bits per heavy atom. The van der Waals surface area contributed by atoms with Crippen molar-refractivity contribution in [3.8, 4) is 5.75 Å². The molecule has 114 valence electrons. The Hall–Kier alpha value is -1.75. The third-order valence-corrected chi connectivity index (χ3v) is 3.59. The maximum absolute atomic E-state index is 12.3. The molecule has 4 nitrogen and oxygen atoms in total. The van der Waals surface area contributed by atoms with Crippen molar-refractivity contribution in [2.75, 3.05) is 5.32 Å². The number of anilines is 1. The fourth-order valence-electron chi connectivity index (χ4n) is 1.70. The van der Waals surface area contributed by atoms with Crippen LogP contribution in [-0.4, -0.2) is 11.9 Å². The first-order valence-corrected chi connectivity index (χ1v) is 7.24. The lowest BCUT2D eigenvalue weighted by molar-refractivity contribution is -0.131. The summed E-state index contributed by atoms with van der Waals surface area (Å²) in [6, 6.07) is 9.06.